The summed E-state index contributed by atoms with van der Waals surface area (Å²) in [5.41, 5.74) is 6.70. The number of phenols is 2. The van der Waals surface area contributed by atoms with Crippen LogP contribution in [0.25, 0.3) is 0 Å². The Balaban J connectivity index is 1.79. The van der Waals surface area contributed by atoms with Crippen LogP contribution in [0.4, 0.5) is 0 Å². The highest BCUT2D eigenvalue weighted by atomic mass is 16.6. The Morgan fingerprint density at radius 3 is 2.50 bits per heavy atom. The molecule has 4 N–H and O–H groups in total. The lowest BCUT2D eigenvalue weighted by atomic mass is 10.1. The molecule has 0 spiro atoms. The number of phenolic OH excluding ortho intramolecular Hbond substituents is 2. The van der Waals surface area contributed by atoms with Crippen LogP contribution >= 0.6 is 0 Å². The third-order valence-electron chi connectivity index (χ3n) is 3.48. The van der Waals surface area contributed by atoms with Crippen molar-refractivity contribution in [1.29, 1.82) is 0 Å². The Bertz CT molecular complexity index is 766. The number of pyridine rings is 1. The first-order chi connectivity index (χ1) is 12.4. The van der Waals surface area contributed by atoms with Gasteiger partial charge in [-0.3, -0.25) is 9.78 Å². The molecule has 1 aromatic carbocycles. The van der Waals surface area contributed by atoms with E-state index in [9.17, 15) is 19.8 Å². The lowest BCUT2D eigenvalue weighted by molar-refractivity contribution is -0.148. The number of ether oxygens (including phenoxy) is 2. The second kappa shape index (κ2) is 8.82. The van der Waals surface area contributed by atoms with E-state index >= 15 is 0 Å². The highest BCUT2D eigenvalue weighted by Gasteiger charge is 2.19. The van der Waals surface area contributed by atoms with Crippen LogP contribution in [0.5, 0.6) is 11.5 Å². The summed E-state index contributed by atoms with van der Waals surface area (Å²) < 4.78 is 10.2. The van der Waals surface area contributed by atoms with Gasteiger partial charge < -0.3 is 25.4 Å². The molecule has 0 unspecified atom stereocenters. The van der Waals surface area contributed by atoms with Crippen molar-refractivity contribution in [2.45, 2.75) is 25.5 Å². The molecular weight excluding hydrogens is 340 g/mol. The topological polar surface area (TPSA) is 132 Å². The molecule has 138 valence electrons. The minimum Gasteiger partial charge on any atom is -0.504 e. The van der Waals surface area contributed by atoms with E-state index in [1.54, 1.807) is 13.0 Å². The number of benzene rings is 1. The maximum absolute atomic E-state index is 12.0. The molecule has 0 bridgehead atoms. The van der Waals surface area contributed by atoms with Crippen molar-refractivity contribution in [3.05, 3.63) is 53.9 Å². The van der Waals surface area contributed by atoms with Gasteiger partial charge in [-0.2, -0.15) is 0 Å². The molecule has 8 nitrogen and oxygen atoms in total. The molecule has 1 aromatic heterocycles. The van der Waals surface area contributed by atoms with Crippen molar-refractivity contribution >= 4 is 11.9 Å². The third-order valence-corrected chi connectivity index (χ3v) is 3.48. The molecule has 2 atom stereocenters. The molecule has 0 fully saturated rings. The molecule has 0 saturated heterocycles. The number of esters is 2. The number of carbonyl (C=O) groups is 2. The minimum absolute atomic E-state index is 0.123. The van der Waals surface area contributed by atoms with Crippen LogP contribution in [0.15, 0.2) is 42.7 Å². The first-order valence-electron chi connectivity index (χ1n) is 7.91. The fourth-order valence-corrected chi connectivity index (χ4v) is 2.11. The van der Waals surface area contributed by atoms with Crippen molar-refractivity contribution < 1.29 is 29.3 Å². The molecule has 0 aliphatic heterocycles. The van der Waals surface area contributed by atoms with Gasteiger partial charge in [0.15, 0.2) is 11.5 Å². The van der Waals surface area contributed by atoms with Gasteiger partial charge in [0.2, 0.25) is 0 Å². The number of hydrogen-bond acceptors (Lipinski definition) is 8. The number of hydrogen-bond donors (Lipinski definition) is 3. The van der Waals surface area contributed by atoms with Gasteiger partial charge >= 0.3 is 11.9 Å². The molecule has 0 radical (unpaired) electrons. The van der Waals surface area contributed by atoms with Gasteiger partial charge in [0.05, 0.1) is 5.56 Å². The predicted molar refractivity (Wildman–Crippen MR) is 91.5 cm³/mol. The Morgan fingerprint density at radius 1 is 1.15 bits per heavy atom. The zero-order valence-corrected chi connectivity index (χ0v) is 14.2. The first-order valence-corrected chi connectivity index (χ1v) is 7.91. The Kier molecular flexibility index (Phi) is 6.51. The largest absolute Gasteiger partial charge is 0.504 e. The van der Waals surface area contributed by atoms with Crippen LogP contribution in [0.3, 0.4) is 0 Å². The summed E-state index contributed by atoms with van der Waals surface area (Å²) in [6.07, 6.45) is 2.42. The number of nitrogens with zero attached hydrogens (tertiary/aromatic N) is 1. The SMILES string of the molecule is C[C@@H](COC(=O)[C@@H](N)Cc1ccc(O)c(O)c1)OC(=O)c1ccncc1. The fraction of sp³-hybridized carbons (Fsp3) is 0.278. The standard InChI is InChI=1S/C18H20N2O6/c1-11(26-17(23)13-4-6-20-7-5-13)10-25-18(24)14(19)8-12-2-3-15(21)16(22)9-12/h2-7,9,11,14,21-22H,8,10,19H2,1H3/t11-,14-/m0/s1. The number of carbonyl (C=O) groups excluding carboxylic acids is 2. The molecule has 2 aromatic rings. The van der Waals surface area contributed by atoms with Crippen molar-refractivity contribution in [3.63, 3.8) is 0 Å². The smallest absolute Gasteiger partial charge is 0.338 e. The monoisotopic (exact) mass is 360 g/mol. The molecule has 0 amide bonds. The van der Waals surface area contributed by atoms with Crippen LogP contribution in [0.2, 0.25) is 0 Å². The highest BCUT2D eigenvalue weighted by molar-refractivity contribution is 5.89. The summed E-state index contributed by atoms with van der Waals surface area (Å²) in [7, 11) is 0. The molecule has 0 aliphatic rings. The van der Waals surface area contributed by atoms with Gasteiger partial charge in [-0.15, -0.1) is 0 Å². The van der Waals surface area contributed by atoms with Crippen molar-refractivity contribution in [2.75, 3.05) is 6.61 Å². The Morgan fingerprint density at radius 2 is 1.85 bits per heavy atom. The molecule has 0 aliphatic carbocycles. The molecular formula is C18H20N2O6. The summed E-state index contributed by atoms with van der Waals surface area (Å²) in [6, 6.07) is 6.25. The minimum atomic E-state index is -0.956. The van der Waals surface area contributed by atoms with Gasteiger partial charge in [0, 0.05) is 12.4 Å². The highest BCUT2D eigenvalue weighted by Crippen LogP contribution is 2.25. The lowest BCUT2D eigenvalue weighted by Gasteiger charge is -2.16. The number of rotatable bonds is 7. The summed E-state index contributed by atoms with van der Waals surface area (Å²) in [6.45, 7) is 1.46. The van der Waals surface area contributed by atoms with Gasteiger partial charge in [-0.25, -0.2) is 4.79 Å². The first kappa shape index (κ1) is 19.2. The number of nitrogens with two attached hydrogens (primary N) is 1. The predicted octanol–water partition coefficient (Wildman–Crippen LogP) is 1.15. The van der Waals surface area contributed by atoms with Crippen LogP contribution in [-0.2, 0) is 20.7 Å². The van der Waals surface area contributed by atoms with E-state index in [1.807, 2.05) is 0 Å². The number of aromatic nitrogens is 1. The van der Waals surface area contributed by atoms with E-state index in [-0.39, 0.29) is 24.5 Å². The zero-order valence-electron chi connectivity index (χ0n) is 14.2. The average molecular weight is 360 g/mol. The van der Waals surface area contributed by atoms with Gasteiger partial charge in [0.25, 0.3) is 0 Å². The molecule has 1 heterocycles. The van der Waals surface area contributed by atoms with Crippen molar-refractivity contribution in [1.82, 2.24) is 4.98 Å². The quantitative estimate of drug-likeness (QED) is 0.495. The number of aromatic hydroxyl groups is 2. The second-order valence-corrected chi connectivity index (χ2v) is 5.72. The van der Waals surface area contributed by atoms with Gasteiger partial charge in [0.1, 0.15) is 18.8 Å². The molecule has 2 rings (SSSR count). The maximum Gasteiger partial charge on any atom is 0.338 e. The van der Waals surface area contributed by atoms with Crippen LogP contribution < -0.4 is 5.73 Å². The van der Waals surface area contributed by atoms with Crippen molar-refractivity contribution in [2.24, 2.45) is 5.73 Å². The Hall–Kier alpha value is -3.13. The third kappa shape index (κ3) is 5.45. The summed E-state index contributed by atoms with van der Waals surface area (Å²) in [5, 5.41) is 18.7. The van der Waals surface area contributed by atoms with Gasteiger partial charge in [-0.05, 0) is 43.2 Å². The van der Waals surface area contributed by atoms with E-state index < -0.39 is 24.1 Å². The average Bonchev–Trinajstić information content (AvgIpc) is 2.63. The zero-order chi connectivity index (χ0) is 19.1. The molecule has 26 heavy (non-hydrogen) atoms. The molecule has 0 saturated carbocycles. The van der Waals surface area contributed by atoms with E-state index in [0.717, 1.165) is 0 Å². The lowest BCUT2D eigenvalue weighted by Crippen LogP contribution is -2.36. The summed E-state index contributed by atoms with van der Waals surface area (Å²) in [5.74, 6) is -1.75. The maximum atomic E-state index is 12.0. The van der Waals surface area contributed by atoms with E-state index in [0.29, 0.717) is 11.1 Å². The summed E-state index contributed by atoms with van der Waals surface area (Å²) >= 11 is 0. The normalized spacial score (nSPS) is 12.8. The Labute approximate surface area is 150 Å². The fourth-order valence-electron chi connectivity index (χ4n) is 2.11. The van der Waals surface area contributed by atoms with Crippen LogP contribution in [0.1, 0.15) is 22.8 Å². The van der Waals surface area contributed by atoms with Crippen molar-refractivity contribution in [3.8, 4) is 11.5 Å². The summed E-state index contributed by atoms with van der Waals surface area (Å²) in [4.78, 5) is 27.6. The second-order valence-electron chi connectivity index (χ2n) is 5.72. The van der Waals surface area contributed by atoms with Gasteiger partial charge in [-0.1, -0.05) is 6.07 Å². The van der Waals surface area contributed by atoms with E-state index in [1.165, 1.54) is 36.7 Å². The molecule has 8 heteroatoms. The van der Waals surface area contributed by atoms with Crippen LogP contribution in [0, 0.1) is 0 Å². The van der Waals surface area contributed by atoms with Crippen LogP contribution in [-0.4, -0.2) is 45.9 Å². The van der Waals surface area contributed by atoms with E-state index in [4.69, 9.17) is 15.2 Å². The van der Waals surface area contributed by atoms with E-state index in [2.05, 4.69) is 4.98 Å².